The first-order chi connectivity index (χ1) is 16.3. The maximum absolute atomic E-state index is 12.5. The van der Waals surface area contributed by atoms with Gasteiger partial charge in [0.1, 0.15) is 5.75 Å². The second kappa shape index (κ2) is 9.83. The van der Waals surface area contributed by atoms with E-state index in [9.17, 15) is 18.9 Å². The van der Waals surface area contributed by atoms with Crippen molar-refractivity contribution in [2.75, 3.05) is 13.3 Å². The number of aromatic nitrogens is 1. The molecule has 0 saturated carbocycles. The number of rotatable bonds is 8. The number of alkyl halides is 2. The Morgan fingerprint density at radius 2 is 2.03 bits per heavy atom. The fourth-order valence-corrected chi connectivity index (χ4v) is 3.89. The van der Waals surface area contributed by atoms with Crippen molar-refractivity contribution < 1.29 is 27.9 Å². The quantitative estimate of drug-likeness (QED) is 0.196. The van der Waals surface area contributed by atoms with Crippen LogP contribution in [0.25, 0.3) is 11.3 Å². The monoisotopic (exact) mass is 488 g/mol. The van der Waals surface area contributed by atoms with E-state index >= 15 is 0 Å². The number of nitrogens with zero attached hydrogens (tertiary/aromatic N) is 4. The lowest BCUT2D eigenvalue weighted by atomic mass is 10.1. The van der Waals surface area contributed by atoms with E-state index in [-0.39, 0.29) is 29.5 Å². The molecule has 0 radical (unpaired) electrons. The molecule has 0 saturated heterocycles. The molecule has 12 heteroatoms. The van der Waals surface area contributed by atoms with Gasteiger partial charge in [0, 0.05) is 10.9 Å². The third-order valence-electron chi connectivity index (χ3n) is 4.58. The van der Waals surface area contributed by atoms with Gasteiger partial charge in [-0.1, -0.05) is 12.2 Å². The fourth-order valence-electron chi connectivity index (χ4n) is 3.06. The lowest BCUT2D eigenvalue weighted by Gasteiger charge is -2.07. The van der Waals surface area contributed by atoms with Gasteiger partial charge in [-0.05, 0) is 37.3 Å². The molecule has 1 aliphatic heterocycles. The topological polar surface area (TPSA) is 100 Å². The van der Waals surface area contributed by atoms with Crippen LogP contribution in [0.5, 0.6) is 17.2 Å². The Bertz CT molecular complexity index is 1330. The van der Waals surface area contributed by atoms with E-state index in [1.165, 1.54) is 46.5 Å². The largest absolute Gasteiger partial charge is 0.454 e. The van der Waals surface area contributed by atoms with Gasteiger partial charge in [0.05, 0.1) is 35.0 Å². The number of nitro groups is 1. The summed E-state index contributed by atoms with van der Waals surface area (Å²) in [7, 11) is 0. The van der Waals surface area contributed by atoms with E-state index in [1.54, 1.807) is 17.5 Å². The fraction of sp³-hybridized carbons (Fsp3) is 0.182. The second-order valence-corrected chi connectivity index (χ2v) is 7.99. The molecule has 34 heavy (non-hydrogen) atoms. The third-order valence-corrected chi connectivity index (χ3v) is 5.43. The molecule has 4 rings (SSSR count). The van der Waals surface area contributed by atoms with Crippen LogP contribution in [0.15, 0.2) is 64.0 Å². The van der Waals surface area contributed by atoms with E-state index < -0.39 is 11.5 Å². The minimum atomic E-state index is -2.92. The van der Waals surface area contributed by atoms with Crippen molar-refractivity contribution in [2.45, 2.75) is 13.5 Å². The average molecular weight is 488 g/mol. The highest BCUT2D eigenvalue weighted by Gasteiger charge is 2.22. The molecule has 9 nitrogen and oxygen atoms in total. The first-order valence-corrected chi connectivity index (χ1v) is 10.7. The summed E-state index contributed by atoms with van der Waals surface area (Å²) >= 11 is 1.31. The van der Waals surface area contributed by atoms with Crippen molar-refractivity contribution in [1.82, 2.24) is 4.68 Å². The van der Waals surface area contributed by atoms with E-state index in [2.05, 4.69) is 21.4 Å². The van der Waals surface area contributed by atoms with E-state index in [0.717, 1.165) is 5.57 Å². The molecule has 2 aromatic carbocycles. The highest BCUT2D eigenvalue weighted by molar-refractivity contribution is 7.07. The molecule has 0 amide bonds. The molecule has 0 fully saturated rings. The number of nitro benzene ring substituents is 1. The van der Waals surface area contributed by atoms with E-state index in [4.69, 9.17) is 9.47 Å². The van der Waals surface area contributed by atoms with Crippen molar-refractivity contribution in [3.05, 3.63) is 74.4 Å². The summed E-state index contributed by atoms with van der Waals surface area (Å²) in [4.78, 5) is 16.1. The minimum Gasteiger partial charge on any atom is -0.454 e. The van der Waals surface area contributed by atoms with Crippen LogP contribution in [0.2, 0.25) is 0 Å². The molecular formula is C22H18F2N4O5S. The summed E-state index contributed by atoms with van der Waals surface area (Å²) in [5.74, 6) is 0.688. The number of hydrogen-bond acceptors (Lipinski definition) is 8. The molecule has 3 aromatic rings. The van der Waals surface area contributed by atoms with Crippen molar-refractivity contribution in [3.8, 4) is 28.5 Å². The van der Waals surface area contributed by atoms with Crippen LogP contribution < -0.4 is 19.0 Å². The van der Waals surface area contributed by atoms with Gasteiger partial charge in [-0.15, -0.1) is 11.3 Å². The normalized spacial score (nSPS) is 13.1. The minimum absolute atomic E-state index is 0.0206. The van der Waals surface area contributed by atoms with Crippen molar-refractivity contribution in [3.63, 3.8) is 0 Å². The third kappa shape index (κ3) is 5.12. The molecule has 0 atom stereocenters. The molecule has 1 aliphatic rings. The highest BCUT2D eigenvalue weighted by atomic mass is 32.1. The van der Waals surface area contributed by atoms with Crippen LogP contribution in [0.4, 0.5) is 14.5 Å². The van der Waals surface area contributed by atoms with Gasteiger partial charge < -0.3 is 14.2 Å². The average Bonchev–Trinajstić information content (AvgIpc) is 3.41. The zero-order valence-electron chi connectivity index (χ0n) is 17.8. The molecule has 0 aliphatic carbocycles. The zero-order valence-corrected chi connectivity index (χ0v) is 18.6. The zero-order chi connectivity index (χ0) is 24.2. The number of fused-ring (bicyclic) bond motifs is 1. The summed E-state index contributed by atoms with van der Waals surface area (Å²) in [5, 5.41) is 17.8. The predicted molar refractivity (Wildman–Crippen MR) is 122 cm³/mol. The highest BCUT2D eigenvalue weighted by Crippen LogP contribution is 2.37. The first kappa shape index (κ1) is 23.1. The van der Waals surface area contributed by atoms with E-state index in [1.807, 2.05) is 6.92 Å². The van der Waals surface area contributed by atoms with Crippen molar-refractivity contribution >= 4 is 23.2 Å². The van der Waals surface area contributed by atoms with Crippen LogP contribution in [0, 0.1) is 10.1 Å². The number of hydrogen-bond donors (Lipinski definition) is 0. The number of benzene rings is 2. The lowest BCUT2D eigenvalue weighted by molar-refractivity contribution is -0.385. The molecule has 0 bridgehead atoms. The van der Waals surface area contributed by atoms with Crippen molar-refractivity contribution in [2.24, 2.45) is 10.1 Å². The summed E-state index contributed by atoms with van der Waals surface area (Å²) in [5.41, 5.74) is 2.12. The summed E-state index contributed by atoms with van der Waals surface area (Å²) in [6, 6.07) is 8.82. The predicted octanol–water partition coefficient (Wildman–Crippen LogP) is 4.81. The van der Waals surface area contributed by atoms with Gasteiger partial charge in [-0.25, -0.2) is 4.68 Å². The summed E-state index contributed by atoms with van der Waals surface area (Å²) < 4.78 is 41.4. The van der Waals surface area contributed by atoms with Crippen LogP contribution in [0.3, 0.4) is 0 Å². The van der Waals surface area contributed by atoms with Crippen LogP contribution in [-0.4, -0.2) is 35.8 Å². The Kier molecular flexibility index (Phi) is 6.68. The molecule has 2 heterocycles. The Morgan fingerprint density at radius 1 is 1.32 bits per heavy atom. The molecule has 176 valence electrons. The molecule has 1 aromatic heterocycles. The Labute approximate surface area is 196 Å². The van der Waals surface area contributed by atoms with Gasteiger partial charge in [0.25, 0.3) is 5.69 Å². The Morgan fingerprint density at radius 3 is 2.68 bits per heavy atom. The first-order valence-electron chi connectivity index (χ1n) is 9.85. The Hall–Kier alpha value is -4.06. The standard InChI is InChI=1S/C22H18F2N4O5S/c1-13(2)9-25-22-27(18(11-34-22)14-3-5-16(6-4-14)33-21(23)24)26-10-15-7-19-20(32-12-31-19)8-17(15)28(29)30/h3-8,10-11,21H,1,9,12H2,2H3. The molecule has 0 unspecified atom stereocenters. The summed E-state index contributed by atoms with van der Waals surface area (Å²) in [6.45, 7) is 3.10. The maximum atomic E-state index is 12.5. The molecule has 0 spiro atoms. The van der Waals surface area contributed by atoms with Crippen LogP contribution >= 0.6 is 11.3 Å². The van der Waals surface area contributed by atoms with Gasteiger partial charge in [0.2, 0.25) is 11.6 Å². The van der Waals surface area contributed by atoms with Crippen molar-refractivity contribution in [1.29, 1.82) is 0 Å². The number of halogens is 2. The molecule has 0 N–H and O–H groups in total. The van der Waals surface area contributed by atoms with Gasteiger partial charge in [-0.2, -0.15) is 13.9 Å². The Balaban J connectivity index is 1.77. The second-order valence-electron chi connectivity index (χ2n) is 7.16. The number of thiazole rings is 1. The SMILES string of the molecule is C=C(C)CN=c1scc(-c2ccc(OC(F)F)cc2)n1N=Cc1cc2c(cc1[N+](=O)[O-])OCO2. The van der Waals surface area contributed by atoms with E-state index in [0.29, 0.717) is 28.4 Å². The smallest absolute Gasteiger partial charge is 0.387 e. The summed E-state index contributed by atoms with van der Waals surface area (Å²) in [6.07, 6.45) is 1.34. The number of ether oxygens (including phenoxy) is 3. The van der Waals surface area contributed by atoms with Gasteiger partial charge >= 0.3 is 6.61 Å². The molecular weight excluding hydrogens is 470 g/mol. The maximum Gasteiger partial charge on any atom is 0.387 e. The lowest BCUT2D eigenvalue weighted by Crippen LogP contribution is -2.13. The van der Waals surface area contributed by atoms with Gasteiger partial charge in [0.15, 0.2) is 11.5 Å². The van der Waals surface area contributed by atoms with Crippen LogP contribution in [0.1, 0.15) is 12.5 Å². The van der Waals surface area contributed by atoms with Gasteiger partial charge in [-0.3, -0.25) is 15.1 Å². The van der Waals surface area contributed by atoms with Crippen LogP contribution in [-0.2, 0) is 0 Å².